The summed E-state index contributed by atoms with van der Waals surface area (Å²) in [5, 5.41) is 0. The Morgan fingerprint density at radius 2 is 2.46 bits per heavy atom. The predicted octanol–water partition coefficient (Wildman–Crippen LogP) is 1.90. The highest BCUT2D eigenvalue weighted by molar-refractivity contribution is 5.75. The summed E-state index contributed by atoms with van der Waals surface area (Å²) in [4.78, 5) is 11.4. The van der Waals surface area contributed by atoms with E-state index >= 15 is 0 Å². The first-order valence-electron chi connectivity index (χ1n) is 5.06. The fraction of sp³-hybridized carbons (Fsp3) is 0.900. The lowest BCUT2D eigenvalue weighted by Gasteiger charge is -2.14. The predicted molar refractivity (Wildman–Crippen MR) is 49.4 cm³/mol. The Morgan fingerprint density at radius 1 is 1.69 bits per heavy atom. The highest BCUT2D eigenvalue weighted by Crippen LogP contribution is 2.14. The Balaban J connectivity index is 2.23. The molecule has 1 aliphatic rings. The molecule has 0 amide bonds. The van der Waals surface area contributed by atoms with Gasteiger partial charge in [-0.2, -0.15) is 0 Å². The number of carbonyl (C=O) groups excluding carboxylic acids is 1. The highest BCUT2D eigenvalue weighted by atomic mass is 16.6. The number of rotatable bonds is 4. The molecule has 0 saturated carbocycles. The molecule has 0 aromatic heterocycles. The third-order valence-electron chi connectivity index (χ3n) is 2.21. The Kier molecular flexibility index (Phi) is 4.22. The monoisotopic (exact) mass is 186 g/mol. The molecule has 1 heterocycles. The molecule has 3 nitrogen and oxygen atoms in total. The second-order valence-electron chi connectivity index (χ2n) is 3.54. The Morgan fingerprint density at radius 3 is 3.00 bits per heavy atom. The molecule has 3 heteroatoms. The summed E-state index contributed by atoms with van der Waals surface area (Å²) in [6.45, 7) is 4.70. The van der Waals surface area contributed by atoms with Crippen molar-refractivity contribution in [3.8, 4) is 0 Å². The standard InChI is InChI=1S/C10H18O3/c1-3-5-8(2)13-10(11)9-6-4-7-12-9/h8-9H,3-7H2,1-2H3. The van der Waals surface area contributed by atoms with Crippen LogP contribution in [-0.2, 0) is 14.3 Å². The summed E-state index contributed by atoms with van der Waals surface area (Å²) in [7, 11) is 0. The van der Waals surface area contributed by atoms with Crippen molar-refractivity contribution in [3.63, 3.8) is 0 Å². The van der Waals surface area contributed by atoms with Gasteiger partial charge in [-0.15, -0.1) is 0 Å². The van der Waals surface area contributed by atoms with Crippen LogP contribution in [0.5, 0.6) is 0 Å². The summed E-state index contributed by atoms with van der Waals surface area (Å²) in [5.41, 5.74) is 0. The molecule has 1 aliphatic heterocycles. The molecule has 2 atom stereocenters. The molecule has 13 heavy (non-hydrogen) atoms. The zero-order valence-electron chi connectivity index (χ0n) is 8.41. The van der Waals surface area contributed by atoms with E-state index in [0.717, 1.165) is 25.7 Å². The van der Waals surface area contributed by atoms with Gasteiger partial charge in [0.25, 0.3) is 0 Å². The second-order valence-corrected chi connectivity index (χ2v) is 3.54. The van der Waals surface area contributed by atoms with Crippen LogP contribution < -0.4 is 0 Å². The van der Waals surface area contributed by atoms with E-state index in [2.05, 4.69) is 6.92 Å². The zero-order valence-corrected chi connectivity index (χ0v) is 8.41. The number of hydrogen-bond acceptors (Lipinski definition) is 3. The first kappa shape index (κ1) is 10.5. The molecule has 1 rings (SSSR count). The molecular weight excluding hydrogens is 168 g/mol. The maximum atomic E-state index is 11.4. The highest BCUT2D eigenvalue weighted by Gasteiger charge is 2.26. The molecule has 76 valence electrons. The Hall–Kier alpha value is -0.570. The SMILES string of the molecule is CCCC(C)OC(=O)C1CCCO1. The summed E-state index contributed by atoms with van der Waals surface area (Å²) in [6, 6.07) is 0. The summed E-state index contributed by atoms with van der Waals surface area (Å²) < 4.78 is 10.4. The minimum Gasteiger partial charge on any atom is -0.461 e. The van der Waals surface area contributed by atoms with Crippen molar-refractivity contribution >= 4 is 5.97 Å². The van der Waals surface area contributed by atoms with Crippen LogP contribution in [0.2, 0.25) is 0 Å². The van der Waals surface area contributed by atoms with E-state index in [9.17, 15) is 4.79 Å². The van der Waals surface area contributed by atoms with Crippen LogP contribution in [0.1, 0.15) is 39.5 Å². The quantitative estimate of drug-likeness (QED) is 0.629. The first-order chi connectivity index (χ1) is 6.24. The number of esters is 1. The van der Waals surface area contributed by atoms with Gasteiger partial charge in [0.1, 0.15) is 0 Å². The molecule has 1 fully saturated rings. The van der Waals surface area contributed by atoms with Crippen LogP contribution in [0.25, 0.3) is 0 Å². The summed E-state index contributed by atoms with van der Waals surface area (Å²) in [6.07, 6.45) is 3.50. The van der Waals surface area contributed by atoms with Crippen molar-refractivity contribution in [1.29, 1.82) is 0 Å². The average molecular weight is 186 g/mol. The van der Waals surface area contributed by atoms with Gasteiger partial charge < -0.3 is 9.47 Å². The van der Waals surface area contributed by atoms with E-state index in [1.54, 1.807) is 0 Å². The van der Waals surface area contributed by atoms with Crippen molar-refractivity contribution < 1.29 is 14.3 Å². The van der Waals surface area contributed by atoms with Crippen molar-refractivity contribution in [1.82, 2.24) is 0 Å². The maximum Gasteiger partial charge on any atom is 0.335 e. The van der Waals surface area contributed by atoms with E-state index in [-0.39, 0.29) is 18.2 Å². The van der Waals surface area contributed by atoms with Gasteiger partial charge in [-0.3, -0.25) is 0 Å². The largest absolute Gasteiger partial charge is 0.461 e. The number of hydrogen-bond donors (Lipinski definition) is 0. The fourth-order valence-electron chi connectivity index (χ4n) is 1.50. The van der Waals surface area contributed by atoms with E-state index in [1.807, 2.05) is 6.92 Å². The molecular formula is C10H18O3. The molecule has 1 saturated heterocycles. The Bertz CT molecular complexity index is 162. The van der Waals surface area contributed by atoms with E-state index < -0.39 is 0 Å². The van der Waals surface area contributed by atoms with Gasteiger partial charge in [0.15, 0.2) is 6.10 Å². The van der Waals surface area contributed by atoms with Crippen LogP contribution in [0, 0.1) is 0 Å². The molecule has 0 spiro atoms. The number of carbonyl (C=O) groups is 1. The van der Waals surface area contributed by atoms with Crippen LogP contribution >= 0.6 is 0 Å². The smallest absolute Gasteiger partial charge is 0.335 e. The normalized spacial score (nSPS) is 24.3. The lowest BCUT2D eigenvalue weighted by atomic mass is 10.2. The molecule has 2 unspecified atom stereocenters. The summed E-state index contributed by atoms with van der Waals surface area (Å²) in [5.74, 6) is -0.182. The van der Waals surface area contributed by atoms with Crippen molar-refractivity contribution in [3.05, 3.63) is 0 Å². The van der Waals surface area contributed by atoms with Gasteiger partial charge in [-0.25, -0.2) is 4.79 Å². The minimum atomic E-state index is -0.292. The lowest BCUT2D eigenvalue weighted by molar-refractivity contribution is -0.159. The van der Waals surface area contributed by atoms with E-state index in [1.165, 1.54) is 0 Å². The third kappa shape index (κ3) is 3.35. The molecule has 0 radical (unpaired) electrons. The van der Waals surface area contributed by atoms with Crippen LogP contribution in [0.15, 0.2) is 0 Å². The van der Waals surface area contributed by atoms with Gasteiger partial charge in [0.05, 0.1) is 6.10 Å². The first-order valence-corrected chi connectivity index (χ1v) is 5.06. The fourth-order valence-corrected chi connectivity index (χ4v) is 1.50. The molecule has 0 aromatic rings. The lowest BCUT2D eigenvalue weighted by Crippen LogP contribution is -2.26. The molecule has 0 bridgehead atoms. The van der Waals surface area contributed by atoms with Gasteiger partial charge in [0.2, 0.25) is 0 Å². The van der Waals surface area contributed by atoms with Gasteiger partial charge in [-0.1, -0.05) is 13.3 Å². The third-order valence-corrected chi connectivity index (χ3v) is 2.21. The van der Waals surface area contributed by atoms with E-state index in [4.69, 9.17) is 9.47 Å². The molecule has 0 aliphatic carbocycles. The van der Waals surface area contributed by atoms with E-state index in [0.29, 0.717) is 6.61 Å². The zero-order chi connectivity index (χ0) is 9.68. The van der Waals surface area contributed by atoms with Crippen molar-refractivity contribution in [2.24, 2.45) is 0 Å². The molecule has 0 N–H and O–H groups in total. The minimum absolute atomic E-state index is 0.0294. The van der Waals surface area contributed by atoms with Crippen LogP contribution in [0.3, 0.4) is 0 Å². The maximum absolute atomic E-state index is 11.4. The summed E-state index contributed by atoms with van der Waals surface area (Å²) >= 11 is 0. The van der Waals surface area contributed by atoms with Gasteiger partial charge >= 0.3 is 5.97 Å². The topological polar surface area (TPSA) is 35.5 Å². The van der Waals surface area contributed by atoms with Crippen LogP contribution in [-0.4, -0.2) is 24.8 Å². The second kappa shape index (κ2) is 5.22. The van der Waals surface area contributed by atoms with Crippen LogP contribution in [0.4, 0.5) is 0 Å². The molecule has 0 aromatic carbocycles. The van der Waals surface area contributed by atoms with Crippen molar-refractivity contribution in [2.75, 3.05) is 6.61 Å². The number of ether oxygens (including phenoxy) is 2. The average Bonchev–Trinajstić information content (AvgIpc) is 2.55. The van der Waals surface area contributed by atoms with Gasteiger partial charge in [-0.05, 0) is 26.2 Å². The van der Waals surface area contributed by atoms with Gasteiger partial charge in [0, 0.05) is 6.61 Å². The van der Waals surface area contributed by atoms with Crippen molar-refractivity contribution in [2.45, 2.75) is 51.7 Å². The Labute approximate surface area is 79.4 Å².